The Labute approximate surface area is 58.0 Å². The van der Waals surface area contributed by atoms with Crippen LogP contribution < -0.4 is 0 Å². The second kappa shape index (κ2) is 8.06. The molecule has 1 aromatic carbocycles. The van der Waals surface area contributed by atoms with Gasteiger partial charge in [-0.1, -0.05) is 36.4 Å². The Balaban J connectivity index is 0.000000180. The molecule has 56 valence electrons. The maximum Gasteiger partial charge on any atom is -0.0395 e. The Bertz CT molecular complexity index is 102. The van der Waals surface area contributed by atoms with Gasteiger partial charge in [0.05, 0.1) is 0 Å². The topological polar surface area (TPSA) is 58.9 Å². The molecule has 0 aromatic heterocycles. The summed E-state index contributed by atoms with van der Waals surface area (Å²) in [4.78, 5) is 0. The van der Waals surface area contributed by atoms with Gasteiger partial charge >= 0.3 is 0 Å². The molecule has 0 amide bonds. The Morgan fingerprint density at radius 1 is 0.600 bits per heavy atom. The number of hydrogen-bond donors (Lipinski definition) is 2. The molecule has 0 atom stereocenters. The van der Waals surface area contributed by atoms with Crippen LogP contribution in [0.3, 0.4) is 0 Å². The van der Waals surface area contributed by atoms with E-state index in [1.807, 2.05) is 36.4 Å². The zero-order chi connectivity index (χ0) is 7.66. The maximum absolute atomic E-state index is 6.90. The van der Waals surface area contributed by atoms with Crippen molar-refractivity contribution in [3.8, 4) is 0 Å². The summed E-state index contributed by atoms with van der Waals surface area (Å²) in [5.41, 5.74) is 0. The molecule has 4 nitrogen and oxygen atoms in total. The third-order valence-corrected chi connectivity index (χ3v) is 0.700. The fraction of sp³-hybridized carbons (Fsp3) is 0. The molecule has 0 saturated carbocycles. The zero-order valence-electron chi connectivity index (χ0n) is 5.18. The highest BCUT2D eigenvalue weighted by molar-refractivity contribution is 4.99. The molecule has 1 rings (SSSR count). The van der Waals surface area contributed by atoms with Crippen LogP contribution in [0.25, 0.3) is 0 Å². The summed E-state index contributed by atoms with van der Waals surface area (Å²) < 4.78 is 0. The van der Waals surface area contributed by atoms with Crippen molar-refractivity contribution in [3.63, 3.8) is 0 Å². The van der Waals surface area contributed by atoms with E-state index in [0.29, 0.717) is 0 Å². The molecule has 0 aliphatic rings. The highest BCUT2D eigenvalue weighted by Crippen LogP contribution is 1.79. The first-order valence-corrected chi connectivity index (χ1v) is 2.53. The van der Waals surface area contributed by atoms with E-state index < -0.39 is 0 Å². The largest absolute Gasteiger partial charge is 0.219 e. The molecular weight excluding hydrogens is 136 g/mol. The highest BCUT2D eigenvalue weighted by atomic mass is 17.6. The fourth-order valence-electron chi connectivity index (χ4n) is 0.385. The Hall–Kier alpha value is -0.940. The molecule has 0 bridgehead atoms. The molecule has 0 fully saturated rings. The maximum atomic E-state index is 6.90. The van der Waals surface area contributed by atoms with E-state index in [4.69, 9.17) is 10.5 Å². The van der Waals surface area contributed by atoms with Crippen LogP contribution in [0.15, 0.2) is 36.4 Å². The first-order valence-electron chi connectivity index (χ1n) is 2.53. The van der Waals surface area contributed by atoms with Gasteiger partial charge in [-0.25, -0.2) is 10.5 Å². The van der Waals surface area contributed by atoms with Gasteiger partial charge in [-0.2, -0.15) is 0 Å². The summed E-state index contributed by atoms with van der Waals surface area (Å²) in [5.74, 6) is 0. The standard InChI is InChI=1S/C6H6.H2O4/c1-2-4-6-5-3-1;1-3-4-2/h1-6H;1-2H. The third-order valence-electron chi connectivity index (χ3n) is 0.700. The summed E-state index contributed by atoms with van der Waals surface area (Å²) in [6, 6.07) is 12.0. The highest BCUT2D eigenvalue weighted by Gasteiger charge is 1.57. The van der Waals surface area contributed by atoms with Gasteiger partial charge in [-0.3, -0.25) is 0 Å². The lowest BCUT2D eigenvalue weighted by Crippen LogP contribution is -1.75. The van der Waals surface area contributed by atoms with Gasteiger partial charge in [0.2, 0.25) is 0 Å². The van der Waals surface area contributed by atoms with Crippen molar-refractivity contribution < 1.29 is 20.6 Å². The fourth-order valence-corrected chi connectivity index (χ4v) is 0.385. The monoisotopic (exact) mass is 144 g/mol. The lowest BCUT2D eigenvalue weighted by Gasteiger charge is -1.71. The average molecular weight is 144 g/mol. The molecule has 0 spiro atoms. The van der Waals surface area contributed by atoms with E-state index in [9.17, 15) is 0 Å². The van der Waals surface area contributed by atoms with Crippen molar-refractivity contribution in [2.45, 2.75) is 0 Å². The molecule has 0 unspecified atom stereocenters. The second-order valence-electron chi connectivity index (χ2n) is 1.30. The van der Waals surface area contributed by atoms with Crippen LogP contribution in [-0.4, -0.2) is 10.5 Å². The van der Waals surface area contributed by atoms with E-state index in [2.05, 4.69) is 10.1 Å². The number of rotatable bonds is 1. The molecule has 1 aromatic rings. The van der Waals surface area contributed by atoms with Gasteiger partial charge in [0, 0.05) is 0 Å². The molecule has 2 N–H and O–H groups in total. The number of hydrogen-bond acceptors (Lipinski definition) is 4. The lowest BCUT2D eigenvalue weighted by atomic mass is 10.4. The normalized spacial score (nSPS) is 7.80. The van der Waals surface area contributed by atoms with Crippen LogP contribution in [0, 0.1) is 0 Å². The van der Waals surface area contributed by atoms with Crippen LogP contribution in [0.2, 0.25) is 0 Å². The Morgan fingerprint density at radius 3 is 0.900 bits per heavy atom. The summed E-state index contributed by atoms with van der Waals surface area (Å²) in [7, 11) is 0. The SMILES string of the molecule is OOOO.c1ccccc1. The first-order chi connectivity index (χ1) is 4.91. The minimum Gasteiger partial charge on any atom is -0.219 e. The van der Waals surface area contributed by atoms with Gasteiger partial charge in [0.1, 0.15) is 0 Å². The van der Waals surface area contributed by atoms with Crippen molar-refractivity contribution in [2.24, 2.45) is 0 Å². The quantitative estimate of drug-likeness (QED) is 0.464. The van der Waals surface area contributed by atoms with Crippen molar-refractivity contribution in [2.75, 3.05) is 0 Å². The summed E-state index contributed by atoms with van der Waals surface area (Å²) in [5, 5.41) is 19.0. The molecule has 4 heteroatoms. The molecule has 0 aliphatic carbocycles. The molecule has 10 heavy (non-hydrogen) atoms. The minimum atomic E-state index is 2.00. The summed E-state index contributed by atoms with van der Waals surface area (Å²) in [6.45, 7) is 0. The lowest BCUT2D eigenvalue weighted by molar-refractivity contribution is -0.611. The van der Waals surface area contributed by atoms with Crippen molar-refractivity contribution in [3.05, 3.63) is 36.4 Å². The first kappa shape index (κ1) is 9.06. The van der Waals surface area contributed by atoms with Crippen LogP contribution >= 0.6 is 0 Å². The van der Waals surface area contributed by atoms with E-state index in [0.717, 1.165) is 0 Å². The Morgan fingerprint density at radius 2 is 0.800 bits per heavy atom. The van der Waals surface area contributed by atoms with Crippen LogP contribution in [0.1, 0.15) is 0 Å². The van der Waals surface area contributed by atoms with Crippen LogP contribution in [0.4, 0.5) is 0 Å². The van der Waals surface area contributed by atoms with Crippen LogP contribution in [0.5, 0.6) is 0 Å². The zero-order valence-corrected chi connectivity index (χ0v) is 5.18. The van der Waals surface area contributed by atoms with Crippen molar-refractivity contribution >= 4 is 0 Å². The molecule has 0 aliphatic heterocycles. The van der Waals surface area contributed by atoms with Gasteiger partial charge in [0.25, 0.3) is 0 Å². The Kier molecular flexibility index (Phi) is 7.30. The van der Waals surface area contributed by atoms with Gasteiger partial charge in [0.15, 0.2) is 0 Å². The summed E-state index contributed by atoms with van der Waals surface area (Å²) >= 11 is 0. The van der Waals surface area contributed by atoms with E-state index in [1.165, 1.54) is 0 Å². The minimum absolute atomic E-state index is 2.00. The van der Waals surface area contributed by atoms with E-state index >= 15 is 0 Å². The third kappa shape index (κ3) is 7.06. The molecule has 0 radical (unpaired) electrons. The molecular formula is C6H8O4. The van der Waals surface area contributed by atoms with Crippen molar-refractivity contribution in [1.82, 2.24) is 0 Å². The van der Waals surface area contributed by atoms with Crippen molar-refractivity contribution in [1.29, 1.82) is 0 Å². The predicted molar refractivity (Wildman–Crippen MR) is 33.9 cm³/mol. The van der Waals surface area contributed by atoms with Gasteiger partial charge < -0.3 is 0 Å². The van der Waals surface area contributed by atoms with Gasteiger partial charge in [-0.15, -0.1) is 0 Å². The van der Waals surface area contributed by atoms with Gasteiger partial charge in [-0.05, 0) is 10.1 Å². The second-order valence-corrected chi connectivity index (χ2v) is 1.30. The number of benzene rings is 1. The van der Waals surface area contributed by atoms with E-state index in [1.54, 1.807) is 0 Å². The van der Waals surface area contributed by atoms with E-state index in [-0.39, 0.29) is 0 Å². The molecule has 0 heterocycles. The summed E-state index contributed by atoms with van der Waals surface area (Å²) in [6.07, 6.45) is 0. The smallest absolute Gasteiger partial charge is 0.0395 e. The predicted octanol–water partition coefficient (Wildman–Crippen LogP) is 1.57. The molecule has 0 saturated heterocycles. The van der Waals surface area contributed by atoms with Crippen LogP contribution in [-0.2, 0) is 10.1 Å². The average Bonchev–Trinajstić information content (AvgIpc) is 2.08.